The summed E-state index contributed by atoms with van der Waals surface area (Å²) in [4.78, 5) is 0. The maximum atomic E-state index is 5.36. The molecule has 1 fully saturated rings. The Morgan fingerprint density at radius 1 is 1.15 bits per heavy atom. The Morgan fingerprint density at radius 3 is 2.75 bits per heavy atom. The molecule has 0 bridgehead atoms. The molecule has 2 heterocycles. The van der Waals surface area contributed by atoms with Crippen LogP contribution in [-0.4, -0.2) is 35.6 Å². The molecule has 1 aromatic heterocycles. The molecule has 1 aromatic carbocycles. The molecule has 0 radical (unpaired) electrons. The number of ether oxygens (including phenoxy) is 1. The summed E-state index contributed by atoms with van der Waals surface area (Å²) in [6.07, 6.45) is 6.29. The van der Waals surface area contributed by atoms with Gasteiger partial charge in [-0.3, -0.25) is 4.68 Å². The van der Waals surface area contributed by atoms with E-state index in [2.05, 4.69) is 40.9 Å². The molecule has 1 saturated heterocycles. The third-order valence-corrected chi connectivity index (χ3v) is 3.74. The number of hydrogen-bond acceptors (Lipinski definition) is 3. The second-order valence-electron chi connectivity index (χ2n) is 5.20. The summed E-state index contributed by atoms with van der Waals surface area (Å²) < 4.78 is 7.37. The van der Waals surface area contributed by atoms with Gasteiger partial charge in [-0.05, 0) is 18.4 Å². The van der Waals surface area contributed by atoms with Crippen molar-refractivity contribution in [2.24, 2.45) is 0 Å². The summed E-state index contributed by atoms with van der Waals surface area (Å²) in [5.41, 5.74) is 2.40. The quantitative estimate of drug-likeness (QED) is 0.907. The summed E-state index contributed by atoms with van der Waals surface area (Å²) in [6, 6.07) is 11.0. The number of benzene rings is 1. The van der Waals surface area contributed by atoms with Crippen molar-refractivity contribution >= 4 is 0 Å². The molecule has 3 rings (SSSR count). The van der Waals surface area contributed by atoms with Crippen LogP contribution >= 0.6 is 0 Å². The van der Waals surface area contributed by atoms with Crippen LogP contribution in [0.1, 0.15) is 12.8 Å². The van der Waals surface area contributed by atoms with Gasteiger partial charge in [0.15, 0.2) is 0 Å². The van der Waals surface area contributed by atoms with Gasteiger partial charge < -0.3 is 10.1 Å². The van der Waals surface area contributed by atoms with Crippen LogP contribution in [0.15, 0.2) is 42.7 Å². The number of nitrogens with zero attached hydrogens (tertiary/aromatic N) is 2. The molecule has 4 heteroatoms. The average molecular weight is 271 g/mol. The average Bonchev–Trinajstić information content (AvgIpc) is 2.98. The standard InChI is InChI=1S/C16H21N3O/c1-2-4-14(5-3-1)15-12-18-19(13-15)9-8-17-16-6-10-20-11-7-16/h1-5,12-13,16-17H,6-11H2. The number of aromatic nitrogens is 2. The normalized spacial score (nSPS) is 16.4. The van der Waals surface area contributed by atoms with Crippen molar-refractivity contribution in [3.63, 3.8) is 0 Å². The molecule has 0 atom stereocenters. The molecule has 0 saturated carbocycles. The first kappa shape index (κ1) is 13.3. The summed E-state index contributed by atoms with van der Waals surface area (Å²) in [5, 5.41) is 8.01. The van der Waals surface area contributed by atoms with E-state index < -0.39 is 0 Å². The van der Waals surface area contributed by atoms with Crippen molar-refractivity contribution in [2.45, 2.75) is 25.4 Å². The molecule has 2 aromatic rings. The van der Waals surface area contributed by atoms with Crippen LogP contribution in [0.3, 0.4) is 0 Å². The minimum Gasteiger partial charge on any atom is -0.381 e. The second kappa shape index (κ2) is 6.68. The van der Waals surface area contributed by atoms with Crippen LogP contribution in [-0.2, 0) is 11.3 Å². The molecule has 0 aliphatic carbocycles. The van der Waals surface area contributed by atoms with Gasteiger partial charge in [-0.15, -0.1) is 0 Å². The minimum absolute atomic E-state index is 0.605. The van der Waals surface area contributed by atoms with E-state index in [1.807, 2.05) is 16.9 Å². The van der Waals surface area contributed by atoms with Crippen LogP contribution in [0, 0.1) is 0 Å². The zero-order chi connectivity index (χ0) is 13.6. The van der Waals surface area contributed by atoms with E-state index in [-0.39, 0.29) is 0 Å². The van der Waals surface area contributed by atoms with E-state index >= 15 is 0 Å². The first-order valence-electron chi connectivity index (χ1n) is 7.31. The zero-order valence-electron chi connectivity index (χ0n) is 11.7. The predicted molar refractivity (Wildman–Crippen MR) is 79.5 cm³/mol. The lowest BCUT2D eigenvalue weighted by molar-refractivity contribution is 0.0778. The highest BCUT2D eigenvalue weighted by molar-refractivity contribution is 5.61. The number of rotatable bonds is 5. The van der Waals surface area contributed by atoms with E-state index in [0.717, 1.165) is 39.1 Å². The van der Waals surface area contributed by atoms with Gasteiger partial charge in [0, 0.05) is 37.6 Å². The summed E-state index contributed by atoms with van der Waals surface area (Å²) in [6.45, 7) is 3.64. The molecule has 0 amide bonds. The Morgan fingerprint density at radius 2 is 1.95 bits per heavy atom. The van der Waals surface area contributed by atoms with E-state index in [1.54, 1.807) is 0 Å². The van der Waals surface area contributed by atoms with Crippen LogP contribution in [0.5, 0.6) is 0 Å². The smallest absolute Gasteiger partial charge is 0.0568 e. The maximum absolute atomic E-state index is 5.36. The topological polar surface area (TPSA) is 39.1 Å². The molecule has 106 valence electrons. The summed E-state index contributed by atoms with van der Waals surface area (Å²) in [5.74, 6) is 0. The Labute approximate surface area is 119 Å². The third-order valence-electron chi connectivity index (χ3n) is 3.74. The lowest BCUT2D eigenvalue weighted by atomic mass is 10.1. The highest BCUT2D eigenvalue weighted by Crippen LogP contribution is 2.17. The highest BCUT2D eigenvalue weighted by atomic mass is 16.5. The van der Waals surface area contributed by atoms with Crippen molar-refractivity contribution in [3.8, 4) is 11.1 Å². The molecule has 1 aliphatic heterocycles. The first-order chi connectivity index (χ1) is 9.92. The summed E-state index contributed by atoms with van der Waals surface area (Å²) >= 11 is 0. The van der Waals surface area contributed by atoms with Gasteiger partial charge in [-0.25, -0.2) is 0 Å². The molecule has 4 nitrogen and oxygen atoms in total. The third kappa shape index (κ3) is 3.46. The minimum atomic E-state index is 0.605. The molecule has 1 aliphatic rings. The lowest BCUT2D eigenvalue weighted by Gasteiger charge is -2.23. The maximum Gasteiger partial charge on any atom is 0.0568 e. The van der Waals surface area contributed by atoms with Crippen molar-refractivity contribution < 1.29 is 4.74 Å². The summed E-state index contributed by atoms with van der Waals surface area (Å²) in [7, 11) is 0. The fourth-order valence-electron chi connectivity index (χ4n) is 2.55. The Kier molecular flexibility index (Phi) is 4.46. The van der Waals surface area contributed by atoms with Gasteiger partial charge in [0.05, 0.1) is 12.7 Å². The van der Waals surface area contributed by atoms with Gasteiger partial charge in [-0.2, -0.15) is 5.10 Å². The predicted octanol–water partition coefficient (Wildman–Crippen LogP) is 2.32. The highest BCUT2D eigenvalue weighted by Gasteiger charge is 2.12. The largest absolute Gasteiger partial charge is 0.381 e. The SMILES string of the molecule is c1ccc(-c2cnn(CCNC3CCOCC3)c2)cc1. The molecule has 0 spiro atoms. The van der Waals surface area contributed by atoms with Gasteiger partial charge >= 0.3 is 0 Å². The molecule has 1 N–H and O–H groups in total. The number of hydrogen-bond donors (Lipinski definition) is 1. The Hall–Kier alpha value is -1.65. The lowest BCUT2D eigenvalue weighted by Crippen LogP contribution is -2.36. The van der Waals surface area contributed by atoms with Crippen molar-refractivity contribution in [1.29, 1.82) is 0 Å². The van der Waals surface area contributed by atoms with E-state index in [0.29, 0.717) is 6.04 Å². The molecule has 20 heavy (non-hydrogen) atoms. The van der Waals surface area contributed by atoms with Crippen LogP contribution in [0.2, 0.25) is 0 Å². The molecular weight excluding hydrogens is 250 g/mol. The van der Waals surface area contributed by atoms with Gasteiger partial charge in [0.25, 0.3) is 0 Å². The van der Waals surface area contributed by atoms with Gasteiger partial charge in [-0.1, -0.05) is 30.3 Å². The van der Waals surface area contributed by atoms with Crippen LogP contribution < -0.4 is 5.32 Å². The van der Waals surface area contributed by atoms with Crippen molar-refractivity contribution in [3.05, 3.63) is 42.7 Å². The molecule has 0 unspecified atom stereocenters. The van der Waals surface area contributed by atoms with Gasteiger partial charge in [0.1, 0.15) is 0 Å². The van der Waals surface area contributed by atoms with Crippen LogP contribution in [0.25, 0.3) is 11.1 Å². The van der Waals surface area contributed by atoms with Gasteiger partial charge in [0.2, 0.25) is 0 Å². The first-order valence-corrected chi connectivity index (χ1v) is 7.31. The zero-order valence-corrected chi connectivity index (χ0v) is 11.7. The Balaban J connectivity index is 1.50. The Bertz CT molecular complexity index is 518. The van der Waals surface area contributed by atoms with Crippen LogP contribution in [0.4, 0.5) is 0 Å². The second-order valence-corrected chi connectivity index (χ2v) is 5.20. The molecular formula is C16H21N3O. The van der Waals surface area contributed by atoms with Crippen molar-refractivity contribution in [1.82, 2.24) is 15.1 Å². The fourth-order valence-corrected chi connectivity index (χ4v) is 2.55. The van der Waals surface area contributed by atoms with E-state index in [9.17, 15) is 0 Å². The number of nitrogens with one attached hydrogen (secondary N) is 1. The monoisotopic (exact) mass is 271 g/mol. The van der Waals surface area contributed by atoms with Crippen molar-refractivity contribution in [2.75, 3.05) is 19.8 Å². The van der Waals surface area contributed by atoms with E-state index in [1.165, 1.54) is 11.1 Å². The van der Waals surface area contributed by atoms with E-state index in [4.69, 9.17) is 4.74 Å². The fraction of sp³-hybridized carbons (Fsp3) is 0.438.